The van der Waals surface area contributed by atoms with Crippen molar-refractivity contribution in [3.63, 3.8) is 0 Å². The van der Waals surface area contributed by atoms with Crippen LogP contribution in [0.3, 0.4) is 0 Å². The third kappa shape index (κ3) is 6.84. The first-order valence-electron chi connectivity index (χ1n) is 22.9. The Bertz CT molecular complexity index is 3930. The molecule has 0 aliphatic heterocycles. The van der Waals surface area contributed by atoms with Crippen LogP contribution in [0.4, 0.5) is 0 Å². The molecular weight excluding hydrogens is 829 g/mol. The topological polar surface area (TPSA) is 56.7 Å². The van der Waals surface area contributed by atoms with Crippen LogP contribution >= 0.6 is 0 Å². The maximum Gasteiger partial charge on any atom is 0.164 e. The minimum atomic E-state index is 0.591. The van der Waals surface area contributed by atoms with Gasteiger partial charge in [-0.15, -0.1) is 0 Å². The van der Waals surface area contributed by atoms with Gasteiger partial charge in [-0.25, -0.2) is 15.0 Å². The molecule has 0 saturated heterocycles. The fourth-order valence-electron chi connectivity index (χ4n) is 9.80. The Balaban J connectivity index is 0.918. The van der Waals surface area contributed by atoms with Crippen molar-refractivity contribution in [1.29, 1.82) is 0 Å². The predicted octanol–water partition coefficient (Wildman–Crippen LogP) is 16.5. The lowest BCUT2D eigenvalue weighted by Gasteiger charge is -2.14. The van der Waals surface area contributed by atoms with E-state index in [1.165, 1.54) is 38.5 Å². The van der Waals surface area contributed by atoms with Crippen LogP contribution in [-0.4, -0.2) is 19.5 Å². The molecule has 68 heavy (non-hydrogen) atoms. The van der Waals surface area contributed by atoms with Crippen LogP contribution in [0.2, 0.25) is 0 Å². The minimum absolute atomic E-state index is 0.591. The first-order valence-corrected chi connectivity index (χ1v) is 22.9. The Labute approximate surface area is 392 Å². The second-order valence-electron chi connectivity index (χ2n) is 17.2. The van der Waals surface area contributed by atoms with E-state index in [1.54, 1.807) is 0 Å². The average molecular weight is 869 g/mol. The van der Waals surface area contributed by atoms with Crippen LogP contribution in [-0.2, 0) is 0 Å². The molecule has 0 atom stereocenters. The zero-order chi connectivity index (χ0) is 45.0. The Kier molecular flexibility index (Phi) is 9.43. The van der Waals surface area contributed by atoms with Gasteiger partial charge in [-0.2, -0.15) is 0 Å². The van der Waals surface area contributed by atoms with Crippen LogP contribution < -0.4 is 0 Å². The number of hydrogen-bond donors (Lipinski definition) is 0. The van der Waals surface area contributed by atoms with Gasteiger partial charge in [0.1, 0.15) is 11.2 Å². The molecule has 0 amide bonds. The average Bonchev–Trinajstić information content (AvgIpc) is 3.97. The molecule has 3 aromatic heterocycles. The summed E-state index contributed by atoms with van der Waals surface area (Å²) in [4.78, 5) is 15.1. The summed E-state index contributed by atoms with van der Waals surface area (Å²) in [5.41, 5.74) is 17.0. The van der Waals surface area contributed by atoms with Gasteiger partial charge in [0.05, 0.1) is 11.0 Å². The van der Waals surface area contributed by atoms with Gasteiger partial charge >= 0.3 is 0 Å². The number of furan rings is 1. The molecule has 0 N–H and O–H groups in total. The molecule has 5 nitrogen and oxygen atoms in total. The summed E-state index contributed by atoms with van der Waals surface area (Å²) in [5, 5.41) is 4.46. The van der Waals surface area contributed by atoms with E-state index in [0.29, 0.717) is 17.5 Å². The molecule has 0 saturated carbocycles. The predicted molar refractivity (Wildman–Crippen MR) is 279 cm³/mol. The van der Waals surface area contributed by atoms with E-state index in [1.807, 2.05) is 72.8 Å². The molecule has 0 unspecified atom stereocenters. The third-order valence-corrected chi connectivity index (χ3v) is 13.1. The van der Waals surface area contributed by atoms with Crippen molar-refractivity contribution in [2.24, 2.45) is 0 Å². The fraction of sp³-hybridized carbons (Fsp3) is 0. The highest BCUT2D eigenvalue weighted by molar-refractivity contribution is 6.13. The molecule has 10 aromatic carbocycles. The van der Waals surface area contributed by atoms with E-state index in [0.717, 1.165) is 72.1 Å². The van der Waals surface area contributed by atoms with Crippen LogP contribution in [0.25, 0.3) is 128 Å². The van der Waals surface area contributed by atoms with Crippen molar-refractivity contribution in [2.45, 2.75) is 0 Å². The molecule has 13 aromatic rings. The number of aromatic nitrogens is 4. The molecule has 13 rings (SSSR count). The van der Waals surface area contributed by atoms with Gasteiger partial charge in [-0.3, -0.25) is 0 Å². The molecular formula is C63H40N4O. The quantitative estimate of drug-likeness (QED) is 0.153. The van der Waals surface area contributed by atoms with E-state index in [9.17, 15) is 0 Å². The van der Waals surface area contributed by atoms with Crippen LogP contribution in [0.5, 0.6) is 0 Å². The van der Waals surface area contributed by atoms with Crippen molar-refractivity contribution in [3.05, 3.63) is 243 Å². The van der Waals surface area contributed by atoms with Gasteiger partial charge in [0.15, 0.2) is 17.5 Å². The van der Waals surface area contributed by atoms with E-state index in [-0.39, 0.29) is 0 Å². The standard InChI is InChI=1S/C63H40N4O/c1-5-16-42(17-6-1)50-35-32-46(38-54(50)43-30-28-41(29-31-43)48-33-36-52-51-24-13-14-26-56(51)67(57(52)40-48)49-22-11-4-12-23-49)47-34-37-58-55(39-47)60-53(25-15-27-59(60)68-58)63-65-61(44-18-7-2-8-19-44)64-62(66-63)45-20-9-3-10-21-45/h1-40H. The fourth-order valence-corrected chi connectivity index (χ4v) is 9.80. The summed E-state index contributed by atoms with van der Waals surface area (Å²) < 4.78 is 8.92. The monoisotopic (exact) mass is 868 g/mol. The van der Waals surface area contributed by atoms with E-state index >= 15 is 0 Å². The molecule has 0 fully saturated rings. The Morgan fingerprint density at radius 1 is 0.279 bits per heavy atom. The molecule has 318 valence electrons. The van der Waals surface area contributed by atoms with Crippen molar-refractivity contribution < 1.29 is 4.42 Å². The Hall–Kier alpha value is -9.19. The summed E-state index contributed by atoms with van der Waals surface area (Å²) in [6.07, 6.45) is 0. The molecule has 0 bridgehead atoms. The molecule has 5 heteroatoms. The normalized spacial score (nSPS) is 11.5. The van der Waals surface area contributed by atoms with Crippen molar-refractivity contribution >= 4 is 43.7 Å². The largest absolute Gasteiger partial charge is 0.456 e. The lowest BCUT2D eigenvalue weighted by Crippen LogP contribution is -2.00. The smallest absolute Gasteiger partial charge is 0.164 e. The third-order valence-electron chi connectivity index (χ3n) is 13.1. The van der Waals surface area contributed by atoms with E-state index in [4.69, 9.17) is 19.4 Å². The summed E-state index contributed by atoms with van der Waals surface area (Å²) in [5.74, 6) is 1.83. The molecule has 3 heterocycles. The number of rotatable bonds is 8. The number of para-hydroxylation sites is 2. The van der Waals surface area contributed by atoms with Crippen molar-refractivity contribution in [1.82, 2.24) is 19.5 Å². The zero-order valence-electron chi connectivity index (χ0n) is 36.8. The highest BCUT2D eigenvalue weighted by Gasteiger charge is 2.20. The van der Waals surface area contributed by atoms with Crippen molar-refractivity contribution in [2.75, 3.05) is 0 Å². The molecule has 0 spiro atoms. The number of hydrogen-bond acceptors (Lipinski definition) is 4. The Morgan fingerprint density at radius 2 is 0.809 bits per heavy atom. The number of nitrogens with zero attached hydrogens (tertiary/aromatic N) is 4. The van der Waals surface area contributed by atoms with E-state index < -0.39 is 0 Å². The van der Waals surface area contributed by atoms with Gasteiger partial charge in [0.25, 0.3) is 0 Å². The molecule has 0 radical (unpaired) electrons. The second-order valence-corrected chi connectivity index (χ2v) is 17.2. The first-order chi connectivity index (χ1) is 33.7. The first kappa shape index (κ1) is 39.2. The van der Waals surface area contributed by atoms with Crippen LogP contribution in [0.1, 0.15) is 0 Å². The maximum atomic E-state index is 6.55. The van der Waals surface area contributed by atoms with Gasteiger partial charge in [0, 0.05) is 43.9 Å². The second kappa shape index (κ2) is 16.4. The summed E-state index contributed by atoms with van der Waals surface area (Å²) in [7, 11) is 0. The summed E-state index contributed by atoms with van der Waals surface area (Å²) in [6.45, 7) is 0. The lowest BCUT2D eigenvalue weighted by molar-refractivity contribution is 0.669. The summed E-state index contributed by atoms with van der Waals surface area (Å²) >= 11 is 0. The summed E-state index contributed by atoms with van der Waals surface area (Å²) in [6, 6.07) is 85.5. The highest BCUT2D eigenvalue weighted by Crippen LogP contribution is 2.42. The SMILES string of the molecule is c1ccc(-c2nc(-c3ccccc3)nc(-c3cccc4oc5ccc(-c6ccc(-c7ccccc7)c(-c7ccc(-c8ccc9c%10ccccc%10n(-c%10ccccc%10)c9c8)cc7)c6)cc5c34)n2)cc1. The van der Waals surface area contributed by atoms with Gasteiger partial charge in [-0.1, -0.05) is 194 Å². The minimum Gasteiger partial charge on any atom is -0.456 e. The highest BCUT2D eigenvalue weighted by atomic mass is 16.3. The van der Waals surface area contributed by atoms with Gasteiger partial charge in [-0.05, 0) is 93.0 Å². The van der Waals surface area contributed by atoms with Crippen molar-refractivity contribution in [3.8, 4) is 84.4 Å². The zero-order valence-corrected chi connectivity index (χ0v) is 36.8. The van der Waals surface area contributed by atoms with Crippen LogP contribution in [0.15, 0.2) is 247 Å². The van der Waals surface area contributed by atoms with Gasteiger partial charge < -0.3 is 8.98 Å². The van der Waals surface area contributed by atoms with Crippen LogP contribution in [0, 0.1) is 0 Å². The van der Waals surface area contributed by atoms with E-state index in [2.05, 4.69) is 174 Å². The number of fused-ring (bicyclic) bond motifs is 6. The van der Waals surface area contributed by atoms with Gasteiger partial charge in [0.2, 0.25) is 0 Å². The molecule has 0 aliphatic rings. The maximum absolute atomic E-state index is 6.55. The Morgan fingerprint density at radius 3 is 1.53 bits per heavy atom. The number of benzene rings is 10. The lowest BCUT2D eigenvalue weighted by atomic mass is 9.90. The molecule has 0 aliphatic carbocycles.